The Labute approximate surface area is 339 Å². The Morgan fingerprint density at radius 1 is 1.09 bits per heavy atom. The third-order valence-corrected chi connectivity index (χ3v) is 13.8. The van der Waals surface area contributed by atoms with Crippen LogP contribution in [-0.4, -0.2) is 97.8 Å². The van der Waals surface area contributed by atoms with Crippen LogP contribution in [0.3, 0.4) is 0 Å². The zero-order chi connectivity index (χ0) is 40.8. The van der Waals surface area contributed by atoms with E-state index < -0.39 is 53.0 Å². The summed E-state index contributed by atoms with van der Waals surface area (Å²) in [4.78, 5) is 30.0. The molecule has 3 aromatic rings. The van der Waals surface area contributed by atoms with E-state index in [-0.39, 0.29) is 43.3 Å². The molecule has 15 nitrogen and oxygen atoms in total. The van der Waals surface area contributed by atoms with Crippen LogP contribution in [0.2, 0.25) is 0 Å². The average Bonchev–Trinajstić information content (AvgIpc) is 3.69. The molecule has 7 aliphatic rings. The molecule has 8 atom stereocenters. The number of aliphatic hydroxyl groups excluding tert-OH is 1. The van der Waals surface area contributed by atoms with Crippen molar-refractivity contribution in [3.8, 4) is 46.3 Å². The van der Waals surface area contributed by atoms with E-state index in [2.05, 4.69) is 27.7 Å². The number of aromatic hydroxyl groups is 1. The van der Waals surface area contributed by atoms with Gasteiger partial charge in [-0.15, -0.1) is 11.8 Å². The summed E-state index contributed by atoms with van der Waals surface area (Å²) < 4.78 is 42.9. The van der Waals surface area contributed by atoms with E-state index in [1.165, 1.54) is 25.8 Å². The molecule has 3 aromatic carbocycles. The molecular weight excluding hydrogens is 769 g/mol. The summed E-state index contributed by atoms with van der Waals surface area (Å²) >= 11 is 1.48. The van der Waals surface area contributed by atoms with Gasteiger partial charge in [0, 0.05) is 53.6 Å². The maximum absolute atomic E-state index is 14.8. The number of phenolic OH excluding ortho intramolecular Hbond substituents is 1. The van der Waals surface area contributed by atoms with Crippen molar-refractivity contribution in [2.45, 2.75) is 87.6 Å². The lowest BCUT2D eigenvalue weighted by atomic mass is 9.72. The molecule has 306 valence electrons. The maximum atomic E-state index is 14.8. The van der Waals surface area contributed by atoms with Gasteiger partial charge in [0.2, 0.25) is 6.79 Å². The quantitative estimate of drug-likeness (QED) is 0.208. The van der Waals surface area contributed by atoms with Gasteiger partial charge in [0.05, 0.1) is 43.7 Å². The average molecular weight is 815 g/mol. The molecule has 7 aliphatic heterocycles. The molecule has 2 saturated heterocycles. The van der Waals surface area contributed by atoms with Gasteiger partial charge in [-0.25, -0.2) is 4.79 Å². The zero-order valence-corrected chi connectivity index (χ0v) is 33.9. The molecule has 0 radical (unpaired) electrons. The molecule has 58 heavy (non-hydrogen) atoms. The van der Waals surface area contributed by atoms with Crippen molar-refractivity contribution in [3.05, 3.63) is 62.7 Å². The number of nitriles is 1. The minimum Gasteiger partial charge on any atom is -0.504 e. The van der Waals surface area contributed by atoms with Gasteiger partial charge in [0.1, 0.15) is 25.0 Å². The van der Waals surface area contributed by atoms with Crippen molar-refractivity contribution in [1.82, 2.24) is 15.5 Å². The van der Waals surface area contributed by atoms with Crippen LogP contribution in [0.15, 0.2) is 18.2 Å². The van der Waals surface area contributed by atoms with E-state index in [4.69, 9.17) is 33.2 Å². The van der Waals surface area contributed by atoms with Crippen LogP contribution in [0, 0.1) is 25.2 Å². The fraction of sp³-hybridized carbons (Fsp3) is 0.500. The Morgan fingerprint density at radius 2 is 1.88 bits per heavy atom. The lowest BCUT2D eigenvalue weighted by Gasteiger charge is -2.59. The zero-order valence-electron chi connectivity index (χ0n) is 33.1. The minimum atomic E-state index is -1.37. The van der Waals surface area contributed by atoms with Gasteiger partial charge in [-0.1, -0.05) is 6.07 Å². The molecule has 4 bridgehead atoms. The number of phenols is 1. The molecule has 7 heterocycles. The molecule has 1 spiro atoms. The van der Waals surface area contributed by atoms with Crippen LogP contribution in [0.25, 0.3) is 0 Å². The van der Waals surface area contributed by atoms with Crippen molar-refractivity contribution in [2.24, 2.45) is 0 Å². The van der Waals surface area contributed by atoms with Gasteiger partial charge in [-0.05, 0) is 68.0 Å². The number of benzene rings is 3. The Bertz CT molecular complexity index is 2280. The number of methoxy groups -OCH3 is 2. The van der Waals surface area contributed by atoms with Crippen molar-refractivity contribution >= 4 is 23.7 Å². The van der Waals surface area contributed by atoms with Crippen molar-refractivity contribution in [3.63, 3.8) is 0 Å². The van der Waals surface area contributed by atoms with E-state index in [0.29, 0.717) is 70.4 Å². The highest BCUT2D eigenvalue weighted by atomic mass is 32.2. The lowest BCUT2D eigenvalue weighted by Crippen LogP contribution is -2.69. The number of esters is 2. The normalized spacial score (nSPS) is 28.2. The summed E-state index contributed by atoms with van der Waals surface area (Å²) in [6.45, 7) is 7.00. The van der Waals surface area contributed by atoms with Crippen LogP contribution in [0.1, 0.15) is 75.7 Å². The maximum Gasteiger partial charge on any atom is 0.331 e. The third-order valence-electron chi connectivity index (χ3n) is 12.4. The fourth-order valence-corrected chi connectivity index (χ4v) is 11.8. The third kappa shape index (κ3) is 5.69. The fourth-order valence-electron chi connectivity index (χ4n) is 10.1. The molecular formula is C42H46N4O11S. The van der Waals surface area contributed by atoms with E-state index in [9.17, 15) is 25.1 Å². The molecule has 10 rings (SSSR count). The second kappa shape index (κ2) is 14.4. The predicted molar refractivity (Wildman–Crippen MR) is 209 cm³/mol. The number of nitrogens with zero attached hydrogens (tertiary/aromatic N) is 2. The molecule has 0 saturated carbocycles. The van der Waals surface area contributed by atoms with Gasteiger partial charge in [-0.3, -0.25) is 15.0 Å². The first kappa shape index (κ1) is 38.6. The Morgan fingerprint density at radius 3 is 2.60 bits per heavy atom. The number of nitrogens with one attached hydrogen (secondary N) is 2. The van der Waals surface area contributed by atoms with E-state index in [1.54, 1.807) is 26.2 Å². The number of rotatable bonds is 6. The number of hydrogen-bond acceptors (Lipinski definition) is 16. The smallest absolute Gasteiger partial charge is 0.331 e. The second-order valence-electron chi connectivity index (χ2n) is 15.8. The molecule has 0 aliphatic carbocycles. The Hall–Kier alpha value is -4.92. The first-order valence-electron chi connectivity index (χ1n) is 19.4. The summed E-state index contributed by atoms with van der Waals surface area (Å²) in [5, 5.41) is 39.1. The molecule has 0 amide bonds. The summed E-state index contributed by atoms with van der Waals surface area (Å²) in [6.07, 6.45) is 0.282. The van der Waals surface area contributed by atoms with Gasteiger partial charge < -0.3 is 48.7 Å². The van der Waals surface area contributed by atoms with E-state index in [1.807, 2.05) is 13.8 Å². The topological polar surface area (TPSA) is 190 Å². The van der Waals surface area contributed by atoms with Gasteiger partial charge in [0.15, 0.2) is 40.0 Å². The first-order valence-corrected chi connectivity index (χ1v) is 20.5. The molecule has 1 unspecified atom stereocenters. The van der Waals surface area contributed by atoms with E-state index in [0.717, 1.165) is 22.3 Å². The van der Waals surface area contributed by atoms with E-state index >= 15 is 0 Å². The molecule has 2 fully saturated rings. The van der Waals surface area contributed by atoms with Crippen molar-refractivity contribution in [1.29, 1.82) is 5.26 Å². The van der Waals surface area contributed by atoms with Crippen LogP contribution in [0.5, 0.6) is 40.2 Å². The SMILES string of the molecule is COc1cc2c(cc1O)CCN[C@]21CS[C@@H]2c3c(OC(C)=O)c(C)c4c(c3[C@H](COC1=O)N1[C@@H]2[C@@H]2N[C@@H](Cc3cc(C)c(OC)c(OCC(C)O)c32)[C@@H]1C#N)OCO4. The van der Waals surface area contributed by atoms with Crippen LogP contribution < -0.4 is 39.1 Å². The summed E-state index contributed by atoms with van der Waals surface area (Å²) in [6, 6.07) is 5.22. The molecule has 16 heteroatoms. The lowest BCUT2D eigenvalue weighted by molar-refractivity contribution is -0.155. The highest BCUT2D eigenvalue weighted by Gasteiger charge is 2.60. The number of piperazine rings is 1. The largest absolute Gasteiger partial charge is 0.504 e. The number of thioether (sulfide) groups is 1. The monoisotopic (exact) mass is 814 g/mol. The van der Waals surface area contributed by atoms with Crippen LogP contribution in [-0.2, 0) is 32.7 Å². The number of aliphatic hydroxyl groups is 1. The van der Waals surface area contributed by atoms with Crippen molar-refractivity contribution < 1.29 is 53.0 Å². The summed E-state index contributed by atoms with van der Waals surface area (Å²) in [7, 11) is 3.05. The number of fused-ring (bicyclic) bond motifs is 9. The van der Waals surface area contributed by atoms with Crippen LogP contribution >= 0.6 is 11.8 Å². The molecule has 4 N–H and O–H groups in total. The van der Waals surface area contributed by atoms with Gasteiger partial charge in [-0.2, -0.15) is 5.26 Å². The Kier molecular flexibility index (Phi) is 9.59. The highest BCUT2D eigenvalue weighted by molar-refractivity contribution is 7.99. The van der Waals surface area contributed by atoms with Gasteiger partial charge >= 0.3 is 11.9 Å². The number of carbonyl (C=O) groups is 2. The minimum absolute atomic E-state index is 0.0169. The molecule has 0 aromatic heterocycles. The number of hydrogen-bond donors (Lipinski definition) is 4. The van der Waals surface area contributed by atoms with Crippen molar-refractivity contribution in [2.75, 3.05) is 46.5 Å². The predicted octanol–water partition coefficient (Wildman–Crippen LogP) is 3.70. The highest BCUT2D eigenvalue weighted by Crippen LogP contribution is 2.63. The Balaban J connectivity index is 1.32. The number of ether oxygens (including phenoxy) is 7. The standard InChI is InChI=1S/C42H46N4O11S/c1-18-9-23-10-25-26(13-43)46-27-15-54-41(50)42(24-12-29(51-5)28(49)11-22(24)7-8-44-42)16-58-40(32-31(27)39-37(55-17-56-39)20(3)36(32)57-21(4)48)34(46)33(45-25)30(23)38(35(18)52-6)53-14-19(2)47/h9,11-12,19,25-27,33-34,40,44-45,47,49H,7-8,10,14-17H2,1-6H3/t19?,25-,26-,27-,33+,34+,40+,42+/m0/s1. The second-order valence-corrected chi connectivity index (χ2v) is 16.9. The number of aryl methyl sites for hydroxylation is 1. The first-order chi connectivity index (χ1) is 27.9. The summed E-state index contributed by atoms with van der Waals surface area (Å²) in [5.74, 6) is 1.57. The summed E-state index contributed by atoms with van der Waals surface area (Å²) in [5.41, 5.74) is 4.66. The van der Waals surface area contributed by atoms with Gasteiger partial charge in [0.25, 0.3) is 0 Å². The van der Waals surface area contributed by atoms with Crippen LogP contribution in [0.4, 0.5) is 0 Å². The number of carbonyl (C=O) groups excluding carboxylic acids is 2.